The molecule has 0 amide bonds. The predicted molar refractivity (Wildman–Crippen MR) is 84.4 cm³/mol. The van der Waals surface area contributed by atoms with E-state index in [1.54, 1.807) is 10.6 Å². The van der Waals surface area contributed by atoms with Gasteiger partial charge in [-0.3, -0.25) is 4.79 Å². The normalized spacial score (nSPS) is 10.6. The molecule has 0 radical (unpaired) electrons. The number of rotatable bonds is 4. The molecule has 1 aromatic carbocycles. The molecule has 3 heteroatoms. The zero-order chi connectivity index (χ0) is 14.7. The highest BCUT2D eigenvalue weighted by Crippen LogP contribution is 2.16. The summed E-state index contributed by atoms with van der Waals surface area (Å²) < 4.78 is 1.70. The summed E-state index contributed by atoms with van der Waals surface area (Å²) in [7, 11) is 0. The fourth-order valence-electron chi connectivity index (χ4n) is 2.29. The van der Waals surface area contributed by atoms with Crippen molar-refractivity contribution in [3.05, 3.63) is 63.1 Å². The van der Waals surface area contributed by atoms with Gasteiger partial charge >= 0.3 is 0 Å². The lowest BCUT2D eigenvalue weighted by Crippen LogP contribution is -2.17. The fraction of sp³-hybridized carbons (Fsp3) is 0.353. The summed E-state index contributed by atoms with van der Waals surface area (Å²) in [5, 5.41) is 3.39. The van der Waals surface area contributed by atoms with E-state index < -0.39 is 0 Å². The van der Waals surface area contributed by atoms with Crippen LogP contribution < -0.4 is 10.9 Å². The minimum absolute atomic E-state index is 0.0420. The Labute approximate surface area is 120 Å². The summed E-state index contributed by atoms with van der Waals surface area (Å²) in [6.45, 7) is 9.84. The standard InChI is InChI=1S/C17H22N2O/c1-5-19-11-16(6-7-17(19)20)18-10-15-9-13(3)12(2)8-14(15)4/h6-9,11,18H,5,10H2,1-4H3. The van der Waals surface area contributed by atoms with Crippen LogP contribution in [0.2, 0.25) is 0 Å². The van der Waals surface area contributed by atoms with E-state index in [4.69, 9.17) is 0 Å². The Bertz CT molecular complexity index is 671. The summed E-state index contributed by atoms with van der Waals surface area (Å²) >= 11 is 0. The number of hydrogen-bond acceptors (Lipinski definition) is 2. The van der Waals surface area contributed by atoms with Gasteiger partial charge in [-0.1, -0.05) is 12.1 Å². The fourth-order valence-corrected chi connectivity index (χ4v) is 2.29. The number of pyridine rings is 1. The van der Waals surface area contributed by atoms with Crippen LogP contribution >= 0.6 is 0 Å². The van der Waals surface area contributed by atoms with Crippen molar-refractivity contribution < 1.29 is 0 Å². The van der Waals surface area contributed by atoms with Crippen LogP contribution in [0.25, 0.3) is 0 Å². The lowest BCUT2D eigenvalue weighted by atomic mass is 10.0. The van der Waals surface area contributed by atoms with E-state index in [9.17, 15) is 4.79 Å². The van der Waals surface area contributed by atoms with Crippen LogP contribution in [0.4, 0.5) is 5.69 Å². The van der Waals surface area contributed by atoms with Crippen molar-refractivity contribution in [3.63, 3.8) is 0 Å². The van der Waals surface area contributed by atoms with Crippen LogP contribution in [0.5, 0.6) is 0 Å². The molecule has 2 rings (SSSR count). The van der Waals surface area contributed by atoms with Crippen molar-refractivity contribution in [2.75, 3.05) is 5.32 Å². The first-order valence-electron chi connectivity index (χ1n) is 7.02. The number of nitrogens with one attached hydrogen (secondary N) is 1. The highest BCUT2D eigenvalue weighted by atomic mass is 16.1. The third kappa shape index (κ3) is 3.10. The monoisotopic (exact) mass is 270 g/mol. The molecule has 0 atom stereocenters. The molecule has 0 saturated heterocycles. The molecule has 0 aliphatic rings. The summed E-state index contributed by atoms with van der Waals surface area (Å²) in [5.41, 5.74) is 6.24. The highest BCUT2D eigenvalue weighted by molar-refractivity contribution is 5.43. The Kier molecular flexibility index (Phi) is 4.28. The van der Waals surface area contributed by atoms with Crippen molar-refractivity contribution in [2.45, 2.75) is 40.8 Å². The average molecular weight is 270 g/mol. The lowest BCUT2D eigenvalue weighted by Gasteiger charge is -2.12. The topological polar surface area (TPSA) is 34.0 Å². The second-order valence-corrected chi connectivity index (χ2v) is 5.26. The Hall–Kier alpha value is -2.03. The van der Waals surface area contributed by atoms with Gasteiger partial charge in [0.1, 0.15) is 0 Å². The van der Waals surface area contributed by atoms with Gasteiger partial charge < -0.3 is 9.88 Å². The van der Waals surface area contributed by atoms with E-state index >= 15 is 0 Å². The molecule has 1 heterocycles. The molecule has 0 spiro atoms. The summed E-state index contributed by atoms with van der Waals surface area (Å²) in [6.07, 6.45) is 1.87. The maximum absolute atomic E-state index is 11.5. The molecule has 0 aliphatic carbocycles. The SMILES string of the molecule is CCn1cc(NCc2cc(C)c(C)cc2C)ccc1=O. The Morgan fingerprint density at radius 1 is 1.05 bits per heavy atom. The third-order valence-electron chi connectivity index (χ3n) is 3.76. The first kappa shape index (κ1) is 14.4. The van der Waals surface area contributed by atoms with Crippen LogP contribution in [0, 0.1) is 20.8 Å². The van der Waals surface area contributed by atoms with Crippen LogP contribution in [0.3, 0.4) is 0 Å². The molecular weight excluding hydrogens is 248 g/mol. The van der Waals surface area contributed by atoms with E-state index in [0.29, 0.717) is 6.54 Å². The van der Waals surface area contributed by atoms with Crippen LogP contribution in [0.1, 0.15) is 29.2 Å². The zero-order valence-electron chi connectivity index (χ0n) is 12.7. The zero-order valence-corrected chi connectivity index (χ0v) is 12.7. The van der Waals surface area contributed by atoms with E-state index in [1.807, 2.05) is 19.2 Å². The van der Waals surface area contributed by atoms with E-state index in [2.05, 4.69) is 38.2 Å². The van der Waals surface area contributed by atoms with Gasteiger partial charge in [-0.05, 0) is 56.0 Å². The minimum Gasteiger partial charge on any atom is -0.380 e. The van der Waals surface area contributed by atoms with Crippen molar-refractivity contribution in [2.24, 2.45) is 0 Å². The van der Waals surface area contributed by atoms with E-state index in [1.165, 1.54) is 22.3 Å². The average Bonchev–Trinajstić information content (AvgIpc) is 2.43. The Morgan fingerprint density at radius 2 is 1.75 bits per heavy atom. The number of benzene rings is 1. The van der Waals surface area contributed by atoms with E-state index in [0.717, 1.165) is 12.2 Å². The number of anilines is 1. The van der Waals surface area contributed by atoms with Gasteiger partial charge in [0.2, 0.25) is 0 Å². The quantitative estimate of drug-likeness (QED) is 0.924. The second-order valence-electron chi connectivity index (χ2n) is 5.26. The van der Waals surface area contributed by atoms with Gasteiger partial charge in [0.15, 0.2) is 0 Å². The summed E-state index contributed by atoms with van der Waals surface area (Å²) in [6, 6.07) is 7.90. The molecular formula is C17H22N2O. The smallest absolute Gasteiger partial charge is 0.250 e. The van der Waals surface area contributed by atoms with Gasteiger partial charge in [0, 0.05) is 25.4 Å². The molecule has 0 fully saturated rings. The first-order valence-corrected chi connectivity index (χ1v) is 7.02. The number of hydrogen-bond donors (Lipinski definition) is 1. The maximum Gasteiger partial charge on any atom is 0.250 e. The van der Waals surface area contributed by atoms with Crippen LogP contribution in [-0.4, -0.2) is 4.57 Å². The summed E-state index contributed by atoms with van der Waals surface area (Å²) in [4.78, 5) is 11.5. The number of aromatic nitrogens is 1. The predicted octanol–water partition coefficient (Wildman–Crippen LogP) is 3.41. The molecule has 1 aromatic heterocycles. The molecule has 3 nitrogen and oxygen atoms in total. The summed E-state index contributed by atoms with van der Waals surface area (Å²) in [5.74, 6) is 0. The molecule has 106 valence electrons. The Morgan fingerprint density at radius 3 is 2.45 bits per heavy atom. The molecule has 0 saturated carbocycles. The molecule has 1 N–H and O–H groups in total. The molecule has 20 heavy (non-hydrogen) atoms. The van der Waals surface area contributed by atoms with Gasteiger partial charge in [0.05, 0.1) is 5.69 Å². The van der Waals surface area contributed by atoms with Gasteiger partial charge in [-0.2, -0.15) is 0 Å². The van der Waals surface area contributed by atoms with Crippen molar-refractivity contribution in [1.82, 2.24) is 4.57 Å². The molecule has 0 unspecified atom stereocenters. The van der Waals surface area contributed by atoms with E-state index in [-0.39, 0.29) is 5.56 Å². The van der Waals surface area contributed by atoms with Crippen molar-refractivity contribution in [1.29, 1.82) is 0 Å². The number of aryl methyl sites for hydroxylation is 4. The second kappa shape index (κ2) is 5.95. The van der Waals surface area contributed by atoms with Crippen molar-refractivity contribution in [3.8, 4) is 0 Å². The van der Waals surface area contributed by atoms with Crippen molar-refractivity contribution >= 4 is 5.69 Å². The number of nitrogens with zero attached hydrogens (tertiary/aromatic N) is 1. The highest BCUT2D eigenvalue weighted by Gasteiger charge is 2.03. The maximum atomic E-state index is 11.5. The lowest BCUT2D eigenvalue weighted by molar-refractivity contribution is 0.727. The van der Waals surface area contributed by atoms with Gasteiger partial charge in [0.25, 0.3) is 5.56 Å². The van der Waals surface area contributed by atoms with Crippen LogP contribution in [0.15, 0.2) is 35.3 Å². The molecule has 0 bridgehead atoms. The molecule has 0 aliphatic heterocycles. The third-order valence-corrected chi connectivity index (χ3v) is 3.76. The van der Waals surface area contributed by atoms with Crippen LogP contribution in [-0.2, 0) is 13.1 Å². The van der Waals surface area contributed by atoms with Gasteiger partial charge in [-0.25, -0.2) is 0 Å². The Balaban J connectivity index is 2.17. The molecule has 2 aromatic rings. The first-order chi connectivity index (χ1) is 9.51. The largest absolute Gasteiger partial charge is 0.380 e. The van der Waals surface area contributed by atoms with Gasteiger partial charge in [-0.15, -0.1) is 0 Å². The minimum atomic E-state index is 0.0420.